The fourth-order valence-electron chi connectivity index (χ4n) is 2.09. The second-order valence-electron chi connectivity index (χ2n) is 4.27. The number of nitrogens with zero attached hydrogens (tertiary/aromatic N) is 1. The molecule has 1 aromatic heterocycles. The van der Waals surface area contributed by atoms with Gasteiger partial charge in [-0.3, -0.25) is 4.79 Å². The van der Waals surface area contributed by atoms with Crippen molar-refractivity contribution in [2.75, 3.05) is 6.61 Å². The molecule has 17 heavy (non-hydrogen) atoms. The Hall–Kier alpha value is -1.77. The van der Waals surface area contributed by atoms with Crippen molar-refractivity contribution >= 4 is 16.9 Å². The number of hydrogen-bond donors (Lipinski definition) is 0. The molecule has 3 nitrogen and oxygen atoms in total. The highest BCUT2D eigenvalue weighted by Gasteiger charge is 2.11. The van der Waals surface area contributed by atoms with Crippen molar-refractivity contribution in [3.05, 3.63) is 35.5 Å². The molecule has 0 aliphatic heterocycles. The van der Waals surface area contributed by atoms with Gasteiger partial charge in [-0.2, -0.15) is 0 Å². The monoisotopic (exact) mass is 231 g/mol. The minimum absolute atomic E-state index is 0.166. The number of ether oxygens (including phenoxy) is 1. The third-order valence-electron chi connectivity index (χ3n) is 2.87. The lowest BCUT2D eigenvalue weighted by atomic mass is 10.1. The van der Waals surface area contributed by atoms with Gasteiger partial charge in [0.15, 0.2) is 0 Å². The van der Waals surface area contributed by atoms with Gasteiger partial charge in [-0.1, -0.05) is 12.1 Å². The van der Waals surface area contributed by atoms with E-state index in [1.165, 1.54) is 5.56 Å². The smallest absolute Gasteiger partial charge is 0.310 e. The molecule has 2 aromatic rings. The topological polar surface area (TPSA) is 31.2 Å². The first-order chi connectivity index (χ1) is 8.11. The summed E-state index contributed by atoms with van der Waals surface area (Å²) in [6.45, 7) is 4.32. The molecule has 0 atom stereocenters. The van der Waals surface area contributed by atoms with E-state index >= 15 is 0 Å². The molecule has 0 aliphatic carbocycles. The van der Waals surface area contributed by atoms with Crippen LogP contribution >= 0.6 is 0 Å². The summed E-state index contributed by atoms with van der Waals surface area (Å²) < 4.78 is 7.03. The molecule has 0 radical (unpaired) electrons. The Labute approximate surface area is 101 Å². The van der Waals surface area contributed by atoms with Crippen LogP contribution in [0.25, 0.3) is 10.9 Å². The van der Waals surface area contributed by atoms with Gasteiger partial charge in [0, 0.05) is 24.1 Å². The Balaban J connectivity index is 2.38. The largest absolute Gasteiger partial charge is 0.466 e. The van der Waals surface area contributed by atoms with Crippen LogP contribution in [-0.4, -0.2) is 17.1 Å². The molecule has 0 spiro atoms. The fourth-order valence-corrected chi connectivity index (χ4v) is 2.09. The standard InChI is InChI=1S/C14H17NO2/c1-4-17-14(16)8-11-9-15(3)13-7-10(2)5-6-12(11)13/h5-7,9H,4,8H2,1-3H3. The third kappa shape index (κ3) is 2.33. The van der Waals surface area contributed by atoms with E-state index in [9.17, 15) is 4.79 Å². The molecule has 0 amide bonds. The van der Waals surface area contributed by atoms with Gasteiger partial charge in [0.1, 0.15) is 0 Å². The number of benzene rings is 1. The predicted octanol–water partition coefficient (Wildman–Crippen LogP) is 2.59. The first kappa shape index (κ1) is 11.7. The second kappa shape index (κ2) is 4.62. The number of carbonyl (C=O) groups excluding carboxylic acids is 1. The average Bonchev–Trinajstić information content (AvgIpc) is 2.56. The van der Waals surface area contributed by atoms with Crippen molar-refractivity contribution in [2.45, 2.75) is 20.3 Å². The number of rotatable bonds is 3. The first-order valence-electron chi connectivity index (χ1n) is 5.82. The number of aryl methyl sites for hydroxylation is 2. The Morgan fingerprint density at radius 2 is 2.18 bits per heavy atom. The van der Waals surface area contributed by atoms with Gasteiger partial charge in [0.25, 0.3) is 0 Å². The summed E-state index contributed by atoms with van der Waals surface area (Å²) in [6, 6.07) is 6.26. The van der Waals surface area contributed by atoms with Crippen LogP contribution in [0.15, 0.2) is 24.4 Å². The zero-order valence-corrected chi connectivity index (χ0v) is 10.5. The van der Waals surface area contributed by atoms with Crippen LogP contribution in [0.5, 0.6) is 0 Å². The normalized spacial score (nSPS) is 10.8. The molecule has 0 saturated heterocycles. The highest BCUT2D eigenvalue weighted by Crippen LogP contribution is 2.22. The Morgan fingerprint density at radius 3 is 2.88 bits per heavy atom. The zero-order valence-electron chi connectivity index (χ0n) is 10.5. The highest BCUT2D eigenvalue weighted by atomic mass is 16.5. The van der Waals surface area contributed by atoms with E-state index in [2.05, 4.69) is 29.7 Å². The molecule has 90 valence electrons. The van der Waals surface area contributed by atoms with Gasteiger partial charge in [-0.05, 0) is 31.0 Å². The SMILES string of the molecule is CCOC(=O)Cc1cn(C)c2cc(C)ccc12. The molecule has 1 aromatic carbocycles. The lowest BCUT2D eigenvalue weighted by molar-refractivity contribution is -0.142. The molecule has 0 saturated carbocycles. The second-order valence-corrected chi connectivity index (χ2v) is 4.27. The highest BCUT2D eigenvalue weighted by molar-refractivity contribution is 5.88. The summed E-state index contributed by atoms with van der Waals surface area (Å²) in [5.74, 6) is -0.166. The Kier molecular flexibility index (Phi) is 3.18. The summed E-state index contributed by atoms with van der Waals surface area (Å²) >= 11 is 0. The van der Waals surface area contributed by atoms with Crippen molar-refractivity contribution in [1.29, 1.82) is 0 Å². The number of aromatic nitrogens is 1. The van der Waals surface area contributed by atoms with Gasteiger partial charge in [0.05, 0.1) is 13.0 Å². The molecule has 0 bridgehead atoms. The van der Waals surface area contributed by atoms with Crippen molar-refractivity contribution in [2.24, 2.45) is 7.05 Å². The van der Waals surface area contributed by atoms with E-state index in [0.717, 1.165) is 16.5 Å². The molecule has 3 heteroatoms. The first-order valence-corrected chi connectivity index (χ1v) is 5.82. The number of hydrogen-bond acceptors (Lipinski definition) is 2. The van der Waals surface area contributed by atoms with Crippen LogP contribution < -0.4 is 0 Å². The minimum atomic E-state index is -0.166. The van der Waals surface area contributed by atoms with E-state index in [0.29, 0.717) is 13.0 Å². The van der Waals surface area contributed by atoms with Gasteiger partial charge in [0.2, 0.25) is 0 Å². The van der Waals surface area contributed by atoms with E-state index in [4.69, 9.17) is 4.74 Å². The van der Waals surface area contributed by atoms with Crippen molar-refractivity contribution in [3.63, 3.8) is 0 Å². The average molecular weight is 231 g/mol. The predicted molar refractivity (Wildman–Crippen MR) is 68.0 cm³/mol. The molecule has 0 fully saturated rings. The molecule has 1 heterocycles. The summed E-state index contributed by atoms with van der Waals surface area (Å²) in [5.41, 5.74) is 3.41. The lowest BCUT2D eigenvalue weighted by Gasteiger charge is -2.00. The molecule has 0 N–H and O–H groups in total. The third-order valence-corrected chi connectivity index (χ3v) is 2.87. The van der Waals surface area contributed by atoms with Crippen LogP contribution in [0, 0.1) is 6.92 Å². The minimum Gasteiger partial charge on any atom is -0.466 e. The van der Waals surface area contributed by atoms with Crippen molar-refractivity contribution in [3.8, 4) is 0 Å². The maximum atomic E-state index is 11.5. The molecule has 2 rings (SSSR count). The van der Waals surface area contributed by atoms with Gasteiger partial charge < -0.3 is 9.30 Å². The quantitative estimate of drug-likeness (QED) is 0.760. The summed E-state index contributed by atoms with van der Waals surface area (Å²) in [4.78, 5) is 11.5. The summed E-state index contributed by atoms with van der Waals surface area (Å²) in [6.07, 6.45) is 2.34. The number of carbonyl (C=O) groups is 1. The molecule has 0 unspecified atom stereocenters. The maximum absolute atomic E-state index is 11.5. The van der Waals surface area contributed by atoms with E-state index < -0.39 is 0 Å². The number of esters is 1. The van der Waals surface area contributed by atoms with Crippen LogP contribution in [0.2, 0.25) is 0 Å². The lowest BCUT2D eigenvalue weighted by Crippen LogP contribution is -2.07. The van der Waals surface area contributed by atoms with Crippen LogP contribution in [0.4, 0.5) is 0 Å². The van der Waals surface area contributed by atoms with Gasteiger partial charge in [-0.15, -0.1) is 0 Å². The fraction of sp³-hybridized carbons (Fsp3) is 0.357. The van der Waals surface area contributed by atoms with Crippen LogP contribution in [-0.2, 0) is 23.0 Å². The van der Waals surface area contributed by atoms with Crippen molar-refractivity contribution < 1.29 is 9.53 Å². The zero-order chi connectivity index (χ0) is 12.4. The Morgan fingerprint density at radius 1 is 1.41 bits per heavy atom. The van der Waals surface area contributed by atoms with Crippen molar-refractivity contribution in [1.82, 2.24) is 4.57 Å². The van der Waals surface area contributed by atoms with E-state index in [1.807, 2.05) is 20.2 Å². The van der Waals surface area contributed by atoms with Crippen LogP contribution in [0.1, 0.15) is 18.1 Å². The van der Waals surface area contributed by atoms with E-state index in [1.54, 1.807) is 0 Å². The molecule has 0 aliphatic rings. The van der Waals surface area contributed by atoms with Crippen LogP contribution in [0.3, 0.4) is 0 Å². The van der Waals surface area contributed by atoms with E-state index in [-0.39, 0.29) is 5.97 Å². The van der Waals surface area contributed by atoms with Gasteiger partial charge >= 0.3 is 5.97 Å². The molecular formula is C14H17NO2. The summed E-state index contributed by atoms with van der Waals surface area (Å²) in [5, 5.41) is 1.13. The Bertz CT molecular complexity index is 555. The molecular weight excluding hydrogens is 214 g/mol. The van der Waals surface area contributed by atoms with Gasteiger partial charge in [-0.25, -0.2) is 0 Å². The number of fused-ring (bicyclic) bond motifs is 1. The maximum Gasteiger partial charge on any atom is 0.310 e. The summed E-state index contributed by atoms with van der Waals surface area (Å²) in [7, 11) is 2.00.